The molecule has 2 heteroatoms. The van der Waals surface area contributed by atoms with Crippen LogP contribution in [-0.2, 0) is 0 Å². The van der Waals surface area contributed by atoms with Crippen LogP contribution in [0.5, 0.6) is 0 Å². The minimum absolute atomic E-state index is 0.572. The fourth-order valence-electron chi connectivity index (χ4n) is 1.65. The molecule has 0 aromatic rings. The molecule has 2 atom stereocenters. The number of allylic oxidation sites excluding steroid dienone is 1. The molecule has 11 heavy (non-hydrogen) atoms. The van der Waals surface area contributed by atoms with E-state index in [-0.39, 0.29) is 0 Å². The van der Waals surface area contributed by atoms with Gasteiger partial charge in [-0.1, -0.05) is 13.0 Å². The Bertz CT molecular complexity index is 174. The second-order valence-corrected chi connectivity index (χ2v) is 3.26. The summed E-state index contributed by atoms with van der Waals surface area (Å²) in [6.45, 7) is 3.78. The summed E-state index contributed by atoms with van der Waals surface area (Å²) in [5, 5.41) is 19.4. The molecule has 0 aromatic carbocycles. The Morgan fingerprint density at radius 2 is 2.36 bits per heavy atom. The summed E-state index contributed by atoms with van der Waals surface area (Å²) in [4.78, 5) is 0. The topological polar surface area (TPSA) is 40.5 Å². The van der Waals surface area contributed by atoms with Crippen LogP contribution in [0.4, 0.5) is 0 Å². The first kappa shape index (κ1) is 8.75. The van der Waals surface area contributed by atoms with Crippen LogP contribution in [0.25, 0.3) is 0 Å². The smallest absolute Gasteiger partial charge is 0.111 e. The highest BCUT2D eigenvalue weighted by atomic mass is 16.3. The Kier molecular flexibility index (Phi) is 2.35. The van der Waals surface area contributed by atoms with Crippen molar-refractivity contribution < 1.29 is 10.2 Å². The monoisotopic (exact) mass is 156 g/mol. The molecule has 0 aromatic heterocycles. The molecule has 0 amide bonds. The van der Waals surface area contributed by atoms with Crippen LogP contribution in [0.1, 0.15) is 33.1 Å². The van der Waals surface area contributed by atoms with Gasteiger partial charge in [0.2, 0.25) is 0 Å². The van der Waals surface area contributed by atoms with Crippen molar-refractivity contribution >= 4 is 0 Å². The third kappa shape index (κ3) is 1.33. The Morgan fingerprint density at radius 3 is 2.73 bits per heavy atom. The highest BCUT2D eigenvalue weighted by molar-refractivity contribution is 5.19. The molecule has 1 aliphatic rings. The summed E-state index contributed by atoms with van der Waals surface area (Å²) in [5.41, 5.74) is -0.0307. The van der Waals surface area contributed by atoms with Gasteiger partial charge in [-0.05, 0) is 31.8 Å². The van der Waals surface area contributed by atoms with Gasteiger partial charge in [-0.3, -0.25) is 0 Å². The van der Waals surface area contributed by atoms with Gasteiger partial charge in [-0.25, -0.2) is 0 Å². The number of rotatable bonds is 1. The van der Waals surface area contributed by atoms with Crippen molar-refractivity contribution in [2.45, 2.75) is 44.8 Å². The summed E-state index contributed by atoms with van der Waals surface area (Å²) in [7, 11) is 0. The van der Waals surface area contributed by atoms with Crippen molar-refractivity contribution in [3.8, 4) is 0 Å². The third-order valence-electron chi connectivity index (χ3n) is 2.66. The van der Waals surface area contributed by atoms with E-state index in [4.69, 9.17) is 0 Å². The van der Waals surface area contributed by atoms with E-state index in [0.717, 1.165) is 12.0 Å². The molecule has 2 nitrogen and oxygen atoms in total. The van der Waals surface area contributed by atoms with Crippen molar-refractivity contribution in [1.29, 1.82) is 0 Å². The molecule has 0 spiro atoms. The van der Waals surface area contributed by atoms with Gasteiger partial charge in [0, 0.05) is 0 Å². The fraction of sp³-hybridized carbons (Fsp3) is 0.778. The lowest BCUT2D eigenvalue weighted by Crippen LogP contribution is -2.44. The quantitative estimate of drug-likeness (QED) is 0.560. The molecule has 0 fully saturated rings. The van der Waals surface area contributed by atoms with Gasteiger partial charge in [0.25, 0.3) is 0 Å². The molecule has 0 heterocycles. The first-order chi connectivity index (χ1) is 5.11. The average molecular weight is 156 g/mol. The molecule has 0 saturated carbocycles. The van der Waals surface area contributed by atoms with E-state index in [1.807, 2.05) is 19.9 Å². The second-order valence-electron chi connectivity index (χ2n) is 3.26. The minimum atomic E-state index is -0.946. The lowest BCUT2D eigenvalue weighted by Gasteiger charge is -2.36. The Labute approximate surface area is 67.6 Å². The van der Waals surface area contributed by atoms with Crippen LogP contribution in [0.15, 0.2) is 11.6 Å². The van der Waals surface area contributed by atoms with E-state index in [0.29, 0.717) is 12.8 Å². The predicted molar refractivity (Wildman–Crippen MR) is 44.2 cm³/mol. The number of hydrogen-bond acceptors (Lipinski definition) is 2. The zero-order valence-electron chi connectivity index (χ0n) is 7.17. The lowest BCUT2D eigenvalue weighted by molar-refractivity contribution is -0.0582. The van der Waals surface area contributed by atoms with E-state index in [1.54, 1.807) is 0 Å². The Morgan fingerprint density at radius 1 is 1.73 bits per heavy atom. The predicted octanol–water partition coefficient (Wildman–Crippen LogP) is 1.23. The Hall–Kier alpha value is -0.340. The van der Waals surface area contributed by atoms with Gasteiger partial charge < -0.3 is 10.2 Å². The molecule has 0 radical (unpaired) electrons. The highest BCUT2D eigenvalue weighted by Gasteiger charge is 2.36. The number of hydrogen-bond donors (Lipinski definition) is 2. The summed E-state index contributed by atoms with van der Waals surface area (Å²) >= 11 is 0. The molecule has 0 bridgehead atoms. The molecule has 2 unspecified atom stereocenters. The van der Waals surface area contributed by atoms with Gasteiger partial charge in [0.05, 0.1) is 6.10 Å². The van der Waals surface area contributed by atoms with Gasteiger partial charge in [-0.15, -0.1) is 0 Å². The van der Waals surface area contributed by atoms with Crippen molar-refractivity contribution in [2.75, 3.05) is 0 Å². The SMILES string of the molecule is CCC1(O)C(C)=CCCC1O. The summed E-state index contributed by atoms with van der Waals surface area (Å²) in [5.74, 6) is 0. The minimum Gasteiger partial charge on any atom is -0.390 e. The summed E-state index contributed by atoms with van der Waals surface area (Å²) < 4.78 is 0. The molecule has 1 rings (SSSR count). The molecular weight excluding hydrogens is 140 g/mol. The van der Waals surface area contributed by atoms with E-state index in [2.05, 4.69) is 0 Å². The van der Waals surface area contributed by atoms with Crippen LogP contribution in [0, 0.1) is 0 Å². The molecule has 64 valence electrons. The fourth-order valence-corrected chi connectivity index (χ4v) is 1.65. The van der Waals surface area contributed by atoms with Crippen molar-refractivity contribution in [3.63, 3.8) is 0 Å². The van der Waals surface area contributed by atoms with E-state index < -0.39 is 11.7 Å². The summed E-state index contributed by atoms with van der Waals surface area (Å²) in [6.07, 6.45) is 3.60. The number of aliphatic hydroxyl groups is 2. The van der Waals surface area contributed by atoms with Crippen LogP contribution in [-0.4, -0.2) is 21.9 Å². The second kappa shape index (κ2) is 2.95. The van der Waals surface area contributed by atoms with Gasteiger partial charge in [0.1, 0.15) is 5.60 Å². The van der Waals surface area contributed by atoms with Crippen molar-refractivity contribution in [2.24, 2.45) is 0 Å². The standard InChI is InChI=1S/C9H16O2/c1-3-9(11)7(2)5-4-6-8(9)10/h5,8,10-11H,3-4,6H2,1-2H3. The van der Waals surface area contributed by atoms with Crippen LogP contribution in [0.2, 0.25) is 0 Å². The maximum Gasteiger partial charge on any atom is 0.111 e. The van der Waals surface area contributed by atoms with Crippen LogP contribution >= 0.6 is 0 Å². The largest absolute Gasteiger partial charge is 0.390 e. The van der Waals surface area contributed by atoms with Crippen LogP contribution in [0.3, 0.4) is 0 Å². The molecule has 2 N–H and O–H groups in total. The molecule has 1 aliphatic carbocycles. The average Bonchev–Trinajstić information content (AvgIpc) is 2.00. The van der Waals surface area contributed by atoms with E-state index >= 15 is 0 Å². The third-order valence-corrected chi connectivity index (χ3v) is 2.66. The first-order valence-electron chi connectivity index (χ1n) is 4.19. The van der Waals surface area contributed by atoms with Gasteiger partial charge >= 0.3 is 0 Å². The number of aliphatic hydroxyl groups excluding tert-OH is 1. The zero-order chi connectivity index (χ0) is 8.48. The molecular formula is C9H16O2. The molecule has 0 saturated heterocycles. The van der Waals surface area contributed by atoms with E-state index in [1.165, 1.54) is 0 Å². The lowest BCUT2D eigenvalue weighted by atomic mass is 9.80. The van der Waals surface area contributed by atoms with Crippen LogP contribution < -0.4 is 0 Å². The molecule has 0 aliphatic heterocycles. The Balaban J connectivity index is 2.87. The normalized spacial score (nSPS) is 38.5. The first-order valence-corrected chi connectivity index (χ1v) is 4.19. The highest BCUT2D eigenvalue weighted by Crippen LogP contribution is 2.31. The van der Waals surface area contributed by atoms with Gasteiger partial charge in [0.15, 0.2) is 0 Å². The van der Waals surface area contributed by atoms with Gasteiger partial charge in [-0.2, -0.15) is 0 Å². The maximum absolute atomic E-state index is 9.90. The summed E-state index contributed by atoms with van der Waals surface area (Å²) in [6, 6.07) is 0. The van der Waals surface area contributed by atoms with E-state index in [9.17, 15) is 10.2 Å². The van der Waals surface area contributed by atoms with Crippen molar-refractivity contribution in [3.05, 3.63) is 11.6 Å². The maximum atomic E-state index is 9.90. The zero-order valence-corrected chi connectivity index (χ0v) is 7.17. The van der Waals surface area contributed by atoms with Crippen molar-refractivity contribution in [1.82, 2.24) is 0 Å².